The van der Waals surface area contributed by atoms with Gasteiger partial charge in [-0.3, -0.25) is 9.69 Å². The van der Waals surface area contributed by atoms with E-state index in [1.54, 1.807) is 4.90 Å². The number of nitrogens with zero attached hydrogens (tertiary/aromatic N) is 2. The first kappa shape index (κ1) is 16.3. The van der Waals surface area contributed by atoms with Gasteiger partial charge in [0.15, 0.2) is 0 Å². The average molecular weight is 296 g/mol. The van der Waals surface area contributed by atoms with E-state index in [2.05, 4.69) is 18.7 Å². The number of piperidine rings is 1. The number of carboxylic acid groups (broad SMARTS) is 1. The number of carboxylic acids is 1. The van der Waals surface area contributed by atoms with Gasteiger partial charge in [0, 0.05) is 25.0 Å². The molecule has 1 N–H and O–H groups in total. The van der Waals surface area contributed by atoms with Gasteiger partial charge >= 0.3 is 5.97 Å². The SMILES string of the molecule is CC1CCCC(C)N1CCCC(=O)N1CCCC1C(=O)O. The molecule has 2 rings (SSSR count). The highest BCUT2D eigenvalue weighted by atomic mass is 16.4. The Balaban J connectivity index is 1.77. The Hall–Kier alpha value is -1.10. The van der Waals surface area contributed by atoms with E-state index in [1.807, 2.05) is 0 Å². The van der Waals surface area contributed by atoms with Crippen LogP contribution < -0.4 is 0 Å². The lowest BCUT2D eigenvalue weighted by Crippen LogP contribution is -2.44. The second-order valence-electron chi connectivity index (χ2n) is 6.55. The van der Waals surface area contributed by atoms with Crippen molar-refractivity contribution in [2.45, 2.75) is 76.9 Å². The van der Waals surface area contributed by atoms with Crippen molar-refractivity contribution in [1.29, 1.82) is 0 Å². The summed E-state index contributed by atoms with van der Waals surface area (Å²) in [6.07, 6.45) is 6.49. The molecule has 2 aliphatic heterocycles. The fourth-order valence-corrected chi connectivity index (χ4v) is 3.79. The van der Waals surface area contributed by atoms with Gasteiger partial charge in [0.05, 0.1) is 0 Å². The molecule has 21 heavy (non-hydrogen) atoms. The first-order valence-electron chi connectivity index (χ1n) is 8.28. The molecule has 2 heterocycles. The predicted octanol–water partition coefficient (Wildman–Crippen LogP) is 2.11. The summed E-state index contributed by atoms with van der Waals surface area (Å²) in [5.41, 5.74) is 0. The average Bonchev–Trinajstić information content (AvgIpc) is 2.91. The van der Waals surface area contributed by atoms with Crippen molar-refractivity contribution < 1.29 is 14.7 Å². The summed E-state index contributed by atoms with van der Waals surface area (Å²) in [7, 11) is 0. The summed E-state index contributed by atoms with van der Waals surface area (Å²) in [5, 5.41) is 9.13. The largest absolute Gasteiger partial charge is 0.480 e. The molecule has 0 aromatic heterocycles. The van der Waals surface area contributed by atoms with Gasteiger partial charge in [-0.1, -0.05) is 6.42 Å². The number of rotatable bonds is 5. The summed E-state index contributed by atoms with van der Waals surface area (Å²) >= 11 is 0. The van der Waals surface area contributed by atoms with E-state index in [1.165, 1.54) is 19.3 Å². The molecular formula is C16H28N2O3. The molecular weight excluding hydrogens is 268 g/mol. The second kappa shape index (κ2) is 7.25. The molecule has 0 saturated carbocycles. The minimum absolute atomic E-state index is 0.0113. The molecule has 0 bridgehead atoms. The Bertz CT molecular complexity index is 376. The van der Waals surface area contributed by atoms with Crippen LogP contribution in [0.25, 0.3) is 0 Å². The molecule has 3 atom stereocenters. The molecule has 120 valence electrons. The van der Waals surface area contributed by atoms with Gasteiger partial charge in [0.2, 0.25) is 5.91 Å². The number of aliphatic carboxylic acids is 1. The first-order valence-corrected chi connectivity index (χ1v) is 8.28. The van der Waals surface area contributed by atoms with Crippen LogP contribution in [0.4, 0.5) is 0 Å². The molecule has 2 aliphatic rings. The second-order valence-corrected chi connectivity index (χ2v) is 6.55. The standard InChI is InChI=1S/C16H28N2O3/c1-12-6-3-7-13(2)17(12)10-5-9-15(19)18-11-4-8-14(18)16(20)21/h12-14H,3-11H2,1-2H3,(H,20,21). The monoisotopic (exact) mass is 296 g/mol. The number of likely N-dealkylation sites (tertiary alicyclic amines) is 2. The number of carbonyl (C=O) groups excluding carboxylic acids is 1. The maximum Gasteiger partial charge on any atom is 0.326 e. The van der Waals surface area contributed by atoms with Gasteiger partial charge in [-0.05, 0) is 52.5 Å². The van der Waals surface area contributed by atoms with Crippen LogP contribution in [0.15, 0.2) is 0 Å². The summed E-state index contributed by atoms with van der Waals surface area (Å²) in [6, 6.07) is 0.607. The van der Waals surface area contributed by atoms with Crippen molar-refractivity contribution in [1.82, 2.24) is 9.80 Å². The van der Waals surface area contributed by atoms with E-state index in [0.29, 0.717) is 31.5 Å². The van der Waals surface area contributed by atoms with Crippen LogP contribution in [0.1, 0.15) is 58.8 Å². The molecule has 0 radical (unpaired) electrons. The molecule has 5 nitrogen and oxygen atoms in total. The Morgan fingerprint density at radius 3 is 2.38 bits per heavy atom. The maximum atomic E-state index is 12.2. The van der Waals surface area contributed by atoms with E-state index >= 15 is 0 Å². The van der Waals surface area contributed by atoms with E-state index in [-0.39, 0.29) is 5.91 Å². The fraction of sp³-hybridized carbons (Fsp3) is 0.875. The molecule has 0 aliphatic carbocycles. The highest BCUT2D eigenvalue weighted by Crippen LogP contribution is 2.23. The van der Waals surface area contributed by atoms with Crippen molar-refractivity contribution in [2.24, 2.45) is 0 Å². The predicted molar refractivity (Wildman–Crippen MR) is 81.1 cm³/mol. The normalized spacial score (nSPS) is 30.6. The van der Waals surface area contributed by atoms with Crippen LogP contribution in [0, 0.1) is 0 Å². The molecule has 2 fully saturated rings. The number of hydrogen-bond acceptors (Lipinski definition) is 3. The van der Waals surface area contributed by atoms with Crippen molar-refractivity contribution in [3.8, 4) is 0 Å². The summed E-state index contributed by atoms with van der Waals surface area (Å²) in [6.45, 7) is 6.07. The topological polar surface area (TPSA) is 60.9 Å². The van der Waals surface area contributed by atoms with Crippen molar-refractivity contribution in [3.63, 3.8) is 0 Å². The van der Waals surface area contributed by atoms with Crippen LogP contribution in [-0.2, 0) is 9.59 Å². The smallest absolute Gasteiger partial charge is 0.326 e. The third kappa shape index (κ3) is 3.96. The molecule has 1 amide bonds. The Morgan fingerprint density at radius 2 is 1.76 bits per heavy atom. The Morgan fingerprint density at radius 1 is 1.10 bits per heavy atom. The quantitative estimate of drug-likeness (QED) is 0.844. The van der Waals surface area contributed by atoms with E-state index in [4.69, 9.17) is 5.11 Å². The maximum absolute atomic E-state index is 12.2. The number of hydrogen-bond donors (Lipinski definition) is 1. The molecule has 5 heteroatoms. The zero-order chi connectivity index (χ0) is 15.4. The lowest BCUT2D eigenvalue weighted by atomic mass is 9.97. The highest BCUT2D eigenvalue weighted by Gasteiger charge is 2.33. The lowest BCUT2D eigenvalue weighted by Gasteiger charge is -2.39. The van der Waals surface area contributed by atoms with Crippen molar-refractivity contribution >= 4 is 11.9 Å². The van der Waals surface area contributed by atoms with Gasteiger partial charge in [-0.2, -0.15) is 0 Å². The minimum Gasteiger partial charge on any atom is -0.480 e. The van der Waals surface area contributed by atoms with Crippen molar-refractivity contribution in [3.05, 3.63) is 0 Å². The molecule has 0 aromatic carbocycles. The Kier molecular flexibility index (Phi) is 5.62. The van der Waals surface area contributed by atoms with Gasteiger partial charge in [0.25, 0.3) is 0 Å². The van der Waals surface area contributed by atoms with E-state index in [0.717, 1.165) is 19.4 Å². The summed E-state index contributed by atoms with van der Waals surface area (Å²) in [4.78, 5) is 27.4. The minimum atomic E-state index is -0.862. The van der Waals surface area contributed by atoms with Gasteiger partial charge in [-0.25, -0.2) is 4.79 Å². The van der Waals surface area contributed by atoms with E-state index in [9.17, 15) is 9.59 Å². The lowest BCUT2D eigenvalue weighted by molar-refractivity contribution is -0.148. The summed E-state index contributed by atoms with van der Waals surface area (Å²) in [5.74, 6) is -0.851. The van der Waals surface area contributed by atoms with Crippen LogP contribution in [0.3, 0.4) is 0 Å². The van der Waals surface area contributed by atoms with Crippen LogP contribution in [0.5, 0.6) is 0 Å². The summed E-state index contributed by atoms with van der Waals surface area (Å²) < 4.78 is 0. The highest BCUT2D eigenvalue weighted by molar-refractivity contribution is 5.84. The van der Waals surface area contributed by atoms with Crippen LogP contribution >= 0.6 is 0 Å². The van der Waals surface area contributed by atoms with Gasteiger partial charge in [-0.15, -0.1) is 0 Å². The Labute approximate surface area is 127 Å². The number of amides is 1. The molecule has 0 aromatic rings. The number of carbonyl (C=O) groups is 2. The fourth-order valence-electron chi connectivity index (χ4n) is 3.79. The molecule has 3 unspecified atom stereocenters. The van der Waals surface area contributed by atoms with Gasteiger partial charge < -0.3 is 10.0 Å². The van der Waals surface area contributed by atoms with Crippen molar-refractivity contribution in [2.75, 3.05) is 13.1 Å². The van der Waals surface area contributed by atoms with Gasteiger partial charge in [0.1, 0.15) is 6.04 Å². The van der Waals surface area contributed by atoms with Crippen LogP contribution in [0.2, 0.25) is 0 Å². The third-order valence-corrected chi connectivity index (χ3v) is 5.04. The zero-order valence-electron chi connectivity index (χ0n) is 13.3. The molecule has 0 spiro atoms. The zero-order valence-corrected chi connectivity index (χ0v) is 13.3. The third-order valence-electron chi connectivity index (χ3n) is 5.04. The van der Waals surface area contributed by atoms with Crippen LogP contribution in [-0.4, -0.2) is 58.0 Å². The first-order chi connectivity index (χ1) is 10.0. The molecule has 2 saturated heterocycles. The van der Waals surface area contributed by atoms with E-state index < -0.39 is 12.0 Å².